The van der Waals surface area contributed by atoms with E-state index in [0.29, 0.717) is 8.95 Å². The minimum atomic E-state index is -3.94. The minimum Gasteiger partial charge on any atom is -0.479 e. The van der Waals surface area contributed by atoms with E-state index in [2.05, 4.69) is 36.7 Å². The van der Waals surface area contributed by atoms with Crippen LogP contribution in [0.2, 0.25) is 0 Å². The number of benzene rings is 1. The average molecular weight is 403 g/mol. The third-order valence-electron chi connectivity index (χ3n) is 1.87. The van der Waals surface area contributed by atoms with Crippen molar-refractivity contribution < 1.29 is 23.2 Å². The Hall–Kier alpha value is -0.480. The maximum Gasteiger partial charge on any atom is 0.331 e. The first-order chi connectivity index (χ1) is 8.24. The molecule has 18 heavy (non-hydrogen) atoms. The molecule has 0 bridgehead atoms. The highest BCUT2D eigenvalue weighted by molar-refractivity contribution is 9.11. The first-order valence-electron chi connectivity index (χ1n) is 4.55. The van der Waals surface area contributed by atoms with Crippen LogP contribution < -0.4 is 4.89 Å². The van der Waals surface area contributed by atoms with Crippen LogP contribution in [0.1, 0.15) is 5.56 Å². The average Bonchev–Trinajstić information content (AvgIpc) is 2.22. The van der Waals surface area contributed by atoms with E-state index in [1.54, 1.807) is 17.9 Å². The van der Waals surface area contributed by atoms with Gasteiger partial charge in [0.1, 0.15) is 0 Å². The van der Waals surface area contributed by atoms with Crippen molar-refractivity contribution in [3.8, 4) is 0 Å². The van der Waals surface area contributed by atoms with E-state index < -0.39 is 22.6 Å². The standard InChI is InChI=1S/C9H9Br2NO5S/c1-5-2-7(11)8(3-6(5)10)18(15,16)12-17-4-9(13)14/h2-3,12H,4H2,1H3,(H,13,14). The van der Waals surface area contributed by atoms with Crippen molar-refractivity contribution in [1.29, 1.82) is 0 Å². The van der Waals surface area contributed by atoms with Crippen LogP contribution in [0.15, 0.2) is 26.0 Å². The zero-order chi connectivity index (χ0) is 13.9. The topological polar surface area (TPSA) is 92.7 Å². The number of carboxylic acids is 1. The maximum atomic E-state index is 11.8. The quantitative estimate of drug-likeness (QED) is 0.732. The zero-order valence-electron chi connectivity index (χ0n) is 9.11. The molecule has 0 radical (unpaired) electrons. The van der Waals surface area contributed by atoms with Gasteiger partial charge in [-0.2, -0.15) is 0 Å². The maximum absolute atomic E-state index is 11.8. The Morgan fingerprint density at radius 3 is 2.56 bits per heavy atom. The summed E-state index contributed by atoms with van der Waals surface area (Å²) in [5, 5.41) is 8.34. The number of hydrogen-bond acceptors (Lipinski definition) is 4. The van der Waals surface area contributed by atoms with Gasteiger partial charge < -0.3 is 5.11 Å². The third kappa shape index (κ3) is 4.02. The van der Waals surface area contributed by atoms with Gasteiger partial charge >= 0.3 is 5.97 Å². The summed E-state index contributed by atoms with van der Waals surface area (Å²) in [5.41, 5.74) is 0.854. The SMILES string of the molecule is Cc1cc(Br)c(S(=O)(=O)NOCC(=O)O)cc1Br. The molecule has 1 aromatic rings. The van der Waals surface area contributed by atoms with Crippen LogP contribution in [-0.2, 0) is 19.7 Å². The van der Waals surface area contributed by atoms with Crippen LogP contribution in [0.3, 0.4) is 0 Å². The molecule has 0 fully saturated rings. The highest BCUT2D eigenvalue weighted by atomic mass is 79.9. The van der Waals surface area contributed by atoms with Crippen LogP contribution >= 0.6 is 31.9 Å². The van der Waals surface area contributed by atoms with E-state index in [4.69, 9.17) is 5.11 Å². The number of carbonyl (C=O) groups is 1. The van der Waals surface area contributed by atoms with Crippen molar-refractivity contribution in [2.75, 3.05) is 6.61 Å². The second-order valence-electron chi connectivity index (χ2n) is 3.30. The van der Waals surface area contributed by atoms with Gasteiger partial charge in [-0.15, -0.1) is 0 Å². The molecule has 0 heterocycles. The molecular formula is C9H9Br2NO5S. The van der Waals surface area contributed by atoms with Gasteiger partial charge in [0.2, 0.25) is 0 Å². The highest BCUT2D eigenvalue weighted by Gasteiger charge is 2.19. The molecule has 1 aromatic carbocycles. The van der Waals surface area contributed by atoms with Gasteiger partial charge in [0.15, 0.2) is 6.61 Å². The van der Waals surface area contributed by atoms with Crippen LogP contribution in [0.25, 0.3) is 0 Å². The van der Waals surface area contributed by atoms with Gasteiger partial charge in [0, 0.05) is 8.95 Å². The van der Waals surface area contributed by atoms with Crippen molar-refractivity contribution in [1.82, 2.24) is 4.89 Å². The summed E-state index contributed by atoms with van der Waals surface area (Å²) >= 11 is 6.34. The Morgan fingerprint density at radius 2 is 2.00 bits per heavy atom. The number of nitrogens with one attached hydrogen (secondary N) is 1. The largest absolute Gasteiger partial charge is 0.479 e. The van der Waals surface area contributed by atoms with Crippen molar-refractivity contribution in [2.24, 2.45) is 0 Å². The predicted molar refractivity (Wildman–Crippen MR) is 70.5 cm³/mol. The molecule has 0 aliphatic carbocycles. The lowest BCUT2D eigenvalue weighted by molar-refractivity contribution is -0.143. The van der Waals surface area contributed by atoms with Gasteiger partial charge in [-0.05, 0) is 40.5 Å². The van der Waals surface area contributed by atoms with E-state index >= 15 is 0 Å². The van der Waals surface area contributed by atoms with Crippen LogP contribution in [0.5, 0.6) is 0 Å². The van der Waals surface area contributed by atoms with Gasteiger partial charge in [0.25, 0.3) is 10.0 Å². The Balaban J connectivity index is 2.98. The van der Waals surface area contributed by atoms with Gasteiger partial charge in [-0.3, -0.25) is 4.84 Å². The monoisotopic (exact) mass is 401 g/mol. The van der Waals surface area contributed by atoms with Crippen LogP contribution in [0, 0.1) is 6.92 Å². The Kier molecular flexibility index (Phi) is 5.29. The normalized spacial score (nSPS) is 11.5. The summed E-state index contributed by atoms with van der Waals surface area (Å²) in [7, 11) is -3.94. The smallest absolute Gasteiger partial charge is 0.331 e. The summed E-state index contributed by atoms with van der Waals surface area (Å²) in [6.07, 6.45) is 0. The second-order valence-corrected chi connectivity index (χ2v) is 6.62. The molecule has 2 N–H and O–H groups in total. The third-order valence-corrected chi connectivity index (χ3v) is 4.89. The molecule has 0 saturated heterocycles. The number of aryl methyl sites for hydroxylation is 1. The lowest BCUT2D eigenvalue weighted by atomic mass is 10.2. The van der Waals surface area contributed by atoms with E-state index in [1.807, 2.05) is 0 Å². The van der Waals surface area contributed by atoms with E-state index in [1.165, 1.54) is 6.07 Å². The summed E-state index contributed by atoms with van der Waals surface area (Å²) in [6, 6.07) is 3.02. The number of sulfonamides is 1. The Bertz CT molecular complexity index is 573. The van der Waals surface area contributed by atoms with Crippen molar-refractivity contribution in [3.63, 3.8) is 0 Å². The summed E-state index contributed by atoms with van der Waals surface area (Å²) in [5.74, 6) is -1.28. The Labute approximate surface area is 121 Å². The minimum absolute atomic E-state index is 0.0506. The molecule has 0 saturated carbocycles. The van der Waals surface area contributed by atoms with Crippen LogP contribution in [0.4, 0.5) is 0 Å². The lowest BCUT2D eigenvalue weighted by Gasteiger charge is -2.09. The molecule has 0 aliphatic rings. The van der Waals surface area contributed by atoms with E-state index in [0.717, 1.165) is 5.56 Å². The second kappa shape index (κ2) is 6.11. The number of halogens is 2. The zero-order valence-corrected chi connectivity index (χ0v) is 13.1. The van der Waals surface area contributed by atoms with Crippen molar-refractivity contribution >= 4 is 47.9 Å². The van der Waals surface area contributed by atoms with E-state index in [9.17, 15) is 13.2 Å². The number of aliphatic carboxylic acids is 1. The fourth-order valence-corrected chi connectivity index (χ4v) is 3.53. The van der Waals surface area contributed by atoms with Crippen LogP contribution in [-0.4, -0.2) is 26.1 Å². The number of hydrogen-bond donors (Lipinski definition) is 2. The van der Waals surface area contributed by atoms with Gasteiger partial charge in [-0.1, -0.05) is 20.8 Å². The molecule has 0 aromatic heterocycles. The molecule has 0 aliphatic heterocycles. The van der Waals surface area contributed by atoms with Crippen molar-refractivity contribution in [3.05, 3.63) is 26.6 Å². The molecule has 0 atom stereocenters. The molecule has 9 heteroatoms. The first-order valence-corrected chi connectivity index (χ1v) is 7.62. The van der Waals surface area contributed by atoms with Crippen molar-refractivity contribution in [2.45, 2.75) is 11.8 Å². The van der Waals surface area contributed by atoms with E-state index in [-0.39, 0.29) is 4.90 Å². The summed E-state index contributed by atoms with van der Waals surface area (Å²) in [6.45, 7) is 1.05. The fourth-order valence-electron chi connectivity index (χ4n) is 1.05. The summed E-state index contributed by atoms with van der Waals surface area (Å²) < 4.78 is 24.6. The van der Waals surface area contributed by atoms with Gasteiger partial charge in [-0.25, -0.2) is 13.2 Å². The van der Waals surface area contributed by atoms with Gasteiger partial charge in [0.05, 0.1) is 4.90 Å². The molecule has 6 nitrogen and oxygen atoms in total. The number of carboxylic acid groups (broad SMARTS) is 1. The molecule has 1 rings (SSSR count). The highest BCUT2D eigenvalue weighted by Crippen LogP contribution is 2.28. The molecule has 0 amide bonds. The summed E-state index contributed by atoms with van der Waals surface area (Å²) in [4.78, 5) is 16.3. The predicted octanol–water partition coefficient (Wildman–Crippen LogP) is 1.81. The molecule has 0 unspecified atom stereocenters. The number of rotatable bonds is 5. The molecule has 100 valence electrons. The lowest BCUT2D eigenvalue weighted by Crippen LogP contribution is -2.27. The fraction of sp³-hybridized carbons (Fsp3) is 0.222. The Morgan fingerprint density at radius 1 is 1.39 bits per heavy atom. The molecular weight excluding hydrogens is 394 g/mol. The molecule has 0 spiro atoms. The first kappa shape index (κ1) is 15.6.